The zero-order chi connectivity index (χ0) is 9.36. The fourth-order valence-corrected chi connectivity index (χ4v) is 1.18. The largest absolute Gasteiger partial charge is 0.317 e. The van der Waals surface area contributed by atoms with Crippen molar-refractivity contribution in [2.24, 2.45) is 0 Å². The summed E-state index contributed by atoms with van der Waals surface area (Å²) in [5.74, 6) is 0. The van der Waals surface area contributed by atoms with Crippen LogP contribution in [0.1, 0.15) is 13.3 Å². The van der Waals surface area contributed by atoms with E-state index in [-0.39, 0.29) is 0 Å². The Labute approximate surface area is 80.5 Å². The van der Waals surface area contributed by atoms with E-state index in [9.17, 15) is 0 Å². The lowest BCUT2D eigenvalue weighted by Gasteiger charge is -2.02. The summed E-state index contributed by atoms with van der Waals surface area (Å²) in [4.78, 5) is 0. The van der Waals surface area contributed by atoms with Crippen molar-refractivity contribution in [3.63, 3.8) is 0 Å². The van der Waals surface area contributed by atoms with Gasteiger partial charge in [0.25, 0.3) is 0 Å². The molecule has 70 valence electrons. The molecule has 0 aromatic heterocycles. The monoisotopic (exact) mass is 175 g/mol. The van der Waals surface area contributed by atoms with Crippen molar-refractivity contribution >= 4 is 0 Å². The van der Waals surface area contributed by atoms with Crippen LogP contribution in [0.2, 0.25) is 0 Å². The van der Waals surface area contributed by atoms with Crippen LogP contribution in [-0.2, 0) is 0 Å². The molecule has 1 aliphatic carbocycles. The van der Waals surface area contributed by atoms with Gasteiger partial charge in [-0.25, -0.2) is 0 Å². The van der Waals surface area contributed by atoms with E-state index in [2.05, 4.69) is 48.7 Å². The van der Waals surface area contributed by atoms with Crippen molar-refractivity contribution in [3.05, 3.63) is 48.1 Å². The minimum absolute atomic E-state index is 1.05. The Bertz CT molecular complexity index is 244. The molecule has 1 aliphatic rings. The summed E-state index contributed by atoms with van der Waals surface area (Å²) < 4.78 is 0. The molecule has 1 N–H and O–H groups in total. The van der Waals surface area contributed by atoms with E-state index < -0.39 is 0 Å². The van der Waals surface area contributed by atoms with Gasteiger partial charge in [0.2, 0.25) is 0 Å². The van der Waals surface area contributed by atoms with Crippen molar-refractivity contribution in [1.82, 2.24) is 5.32 Å². The Kier molecular flexibility index (Phi) is 4.95. The van der Waals surface area contributed by atoms with E-state index in [0.29, 0.717) is 0 Å². The van der Waals surface area contributed by atoms with E-state index in [1.165, 1.54) is 5.57 Å². The van der Waals surface area contributed by atoms with Crippen LogP contribution in [0.3, 0.4) is 0 Å². The molecule has 0 amide bonds. The Morgan fingerprint density at radius 1 is 1.08 bits per heavy atom. The highest BCUT2D eigenvalue weighted by Crippen LogP contribution is 2.05. The third-order valence-electron chi connectivity index (χ3n) is 1.91. The molecule has 1 nitrogen and oxygen atoms in total. The van der Waals surface area contributed by atoms with Crippen LogP contribution >= 0.6 is 0 Å². The van der Waals surface area contributed by atoms with Crippen LogP contribution in [0.4, 0.5) is 0 Å². The standard InChI is InChI=1S/C12H17N/c1-2-13-11-10-12-8-6-4-3-5-7-9-12/h3-9,13H,2,10-11H2,1H3/b4-3-,5-3?,6-4?,7-5-,8-6?,9-7?,12-8?,12-9?. The van der Waals surface area contributed by atoms with Gasteiger partial charge in [0.05, 0.1) is 0 Å². The molecule has 0 saturated carbocycles. The SMILES string of the molecule is CCNCCC1=C/C=C\C=C/C=C1. The average Bonchev–Trinajstić information content (AvgIpc) is 2.08. The maximum atomic E-state index is 3.31. The van der Waals surface area contributed by atoms with Crippen molar-refractivity contribution in [2.45, 2.75) is 13.3 Å². The van der Waals surface area contributed by atoms with Gasteiger partial charge in [-0.15, -0.1) is 0 Å². The number of hydrogen-bond donors (Lipinski definition) is 1. The van der Waals surface area contributed by atoms with Crippen molar-refractivity contribution in [3.8, 4) is 0 Å². The van der Waals surface area contributed by atoms with Crippen molar-refractivity contribution in [1.29, 1.82) is 0 Å². The molecule has 0 spiro atoms. The molecule has 1 heteroatoms. The van der Waals surface area contributed by atoms with Crippen LogP contribution < -0.4 is 5.32 Å². The van der Waals surface area contributed by atoms with Gasteiger partial charge in [-0.2, -0.15) is 0 Å². The molecule has 0 fully saturated rings. The molecule has 0 radical (unpaired) electrons. The smallest absolute Gasteiger partial charge is 0.000847 e. The second-order valence-electron chi connectivity index (χ2n) is 2.97. The first-order chi connectivity index (χ1) is 6.43. The summed E-state index contributed by atoms with van der Waals surface area (Å²) in [5.41, 5.74) is 1.38. The first-order valence-corrected chi connectivity index (χ1v) is 4.85. The number of rotatable bonds is 4. The molecule has 0 bridgehead atoms. The number of allylic oxidation sites excluding steroid dienone is 7. The minimum Gasteiger partial charge on any atom is -0.317 e. The first kappa shape index (κ1) is 10.0. The lowest BCUT2D eigenvalue weighted by atomic mass is 10.1. The highest BCUT2D eigenvalue weighted by atomic mass is 14.8. The third kappa shape index (κ3) is 4.48. The lowest BCUT2D eigenvalue weighted by Crippen LogP contribution is -2.14. The second kappa shape index (κ2) is 6.44. The van der Waals surface area contributed by atoms with Gasteiger partial charge in [-0.3, -0.25) is 0 Å². The Morgan fingerprint density at radius 3 is 2.69 bits per heavy atom. The van der Waals surface area contributed by atoms with Crippen molar-refractivity contribution < 1.29 is 0 Å². The Balaban J connectivity index is 2.39. The van der Waals surface area contributed by atoms with Gasteiger partial charge in [0.15, 0.2) is 0 Å². The van der Waals surface area contributed by atoms with E-state index in [4.69, 9.17) is 0 Å². The van der Waals surface area contributed by atoms with Crippen molar-refractivity contribution in [2.75, 3.05) is 13.1 Å². The lowest BCUT2D eigenvalue weighted by molar-refractivity contribution is 0.718. The summed E-state index contributed by atoms with van der Waals surface area (Å²) in [7, 11) is 0. The maximum Gasteiger partial charge on any atom is -0.000847 e. The fourth-order valence-electron chi connectivity index (χ4n) is 1.18. The van der Waals surface area contributed by atoms with Gasteiger partial charge in [-0.05, 0) is 25.1 Å². The third-order valence-corrected chi connectivity index (χ3v) is 1.91. The molecule has 0 aromatic carbocycles. The highest BCUT2D eigenvalue weighted by molar-refractivity contribution is 5.30. The van der Waals surface area contributed by atoms with Gasteiger partial charge in [-0.1, -0.05) is 49.5 Å². The van der Waals surface area contributed by atoms with E-state index in [1.807, 2.05) is 6.08 Å². The zero-order valence-electron chi connectivity index (χ0n) is 8.16. The molecule has 0 saturated heterocycles. The topological polar surface area (TPSA) is 12.0 Å². The summed E-state index contributed by atoms with van der Waals surface area (Å²) in [6, 6.07) is 0. The number of nitrogens with one attached hydrogen (secondary N) is 1. The highest BCUT2D eigenvalue weighted by Gasteiger charge is 1.90. The van der Waals surface area contributed by atoms with Gasteiger partial charge < -0.3 is 5.32 Å². The Hall–Kier alpha value is -1.08. The molecule has 0 unspecified atom stereocenters. The van der Waals surface area contributed by atoms with Crippen LogP contribution in [0.5, 0.6) is 0 Å². The van der Waals surface area contributed by atoms with Gasteiger partial charge in [0.1, 0.15) is 0 Å². The first-order valence-electron chi connectivity index (χ1n) is 4.85. The molecule has 0 atom stereocenters. The van der Waals surface area contributed by atoms with Gasteiger partial charge in [0, 0.05) is 0 Å². The van der Waals surface area contributed by atoms with Gasteiger partial charge >= 0.3 is 0 Å². The van der Waals surface area contributed by atoms with E-state index >= 15 is 0 Å². The quantitative estimate of drug-likeness (QED) is 0.648. The molecule has 0 heterocycles. The molecule has 0 aromatic rings. The molecular formula is C12H17N. The molecule has 13 heavy (non-hydrogen) atoms. The molecule has 1 rings (SSSR count). The number of hydrogen-bond acceptors (Lipinski definition) is 1. The van der Waals surface area contributed by atoms with Crippen LogP contribution in [0.15, 0.2) is 48.1 Å². The Morgan fingerprint density at radius 2 is 1.85 bits per heavy atom. The summed E-state index contributed by atoms with van der Waals surface area (Å²) in [6.45, 7) is 4.24. The maximum absolute atomic E-state index is 3.31. The zero-order valence-corrected chi connectivity index (χ0v) is 8.16. The van der Waals surface area contributed by atoms with Crippen LogP contribution in [0, 0.1) is 0 Å². The minimum atomic E-state index is 1.05. The summed E-state index contributed by atoms with van der Waals surface area (Å²) in [5, 5.41) is 3.31. The summed E-state index contributed by atoms with van der Waals surface area (Å²) in [6.07, 6.45) is 15.7. The predicted octanol–water partition coefficient (Wildman–Crippen LogP) is 2.59. The average molecular weight is 175 g/mol. The van der Waals surface area contributed by atoms with E-state index in [1.54, 1.807) is 0 Å². The molecular weight excluding hydrogens is 158 g/mol. The molecule has 0 aliphatic heterocycles. The second-order valence-corrected chi connectivity index (χ2v) is 2.97. The van der Waals surface area contributed by atoms with E-state index in [0.717, 1.165) is 19.5 Å². The summed E-state index contributed by atoms with van der Waals surface area (Å²) >= 11 is 0. The fraction of sp³-hybridized carbons (Fsp3) is 0.333. The van der Waals surface area contributed by atoms with Crippen LogP contribution in [0.25, 0.3) is 0 Å². The normalized spacial score (nSPS) is 20.2. The predicted molar refractivity (Wildman–Crippen MR) is 58.7 cm³/mol. The van der Waals surface area contributed by atoms with Crippen LogP contribution in [-0.4, -0.2) is 13.1 Å².